The van der Waals surface area contributed by atoms with Gasteiger partial charge in [0, 0.05) is 20.3 Å². The van der Waals surface area contributed by atoms with E-state index in [0.717, 1.165) is 25.8 Å². The standard InChI is InChI=1S/C35H39N3O7S/c1-37-32(39)27(33(40)38(2)35(37)41)19-36-29-31(44-22-26-17-11-6-12-18-26)30(43-21-25-15-9-5-10-16-25)28(45-34(29)46-3)23-42-20-24-13-7-4-8-14-24/h4-19,28-31,34,39H,20-23H2,1-3H3/t28-,29-,30+,31-,34+/m1/s1. The number of thioether (sulfide) groups is 1. The van der Waals surface area contributed by atoms with Crippen LogP contribution in [0.15, 0.2) is 106 Å². The first-order valence-corrected chi connectivity index (χ1v) is 16.3. The van der Waals surface area contributed by atoms with Crippen molar-refractivity contribution in [1.29, 1.82) is 0 Å². The zero-order valence-electron chi connectivity index (χ0n) is 26.1. The maximum Gasteiger partial charge on any atom is 0.333 e. The first-order valence-electron chi connectivity index (χ1n) is 15.0. The van der Waals surface area contributed by atoms with Crippen LogP contribution in [0, 0.1) is 0 Å². The normalized spacial score (nSPS) is 21.5. The molecule has 0 unspecified atom stereocenters. The van der Waals surface area contributed by atoms with Crippen LogP contribution in [0.2, 0.25) is 0 Å². The topological polar surface area (TPSA) is 114 Å². The fourth-order valence-electron chi connectivity index (χ4n) is 5.30. The van der Waals surface area contributed by atoms with E-state index >= 15 is 0 Å². The van der Waals surface area contributed by atoms with E-state index in [0.29, 0.717) is 13.2 Å². The largest absolute Gasteiger partial charge is 0.494 e. The molecule has 0 amide bonds. The van der Waals surface area contributed by atoms with Crippen molar-refractivity contribution in [3.05, 3.63) is 134 Å². The number of aromatic hydroxyl groups is 1. The Labute approximate surface area is 272 Å². The van der Waals surface area contributed by atoms with Gasteiger partial charge in [0.2, 0.25) is 5.88 Å². The van der Waals surface area contributed by atoms with Crippen molar-refractivity contribution in [2.45, 2.75) is 49.6 Å². The minimum atomic E-state index is -0.660. The first kappa shape index (κ1) is 33.4. The first-order chi connectivity index (χ1) is 22.4. The monoisotopic (exact) mass is 645 g/mol. The molecule has 1 fully saturated rings. The molecule has 5 atom stereocenters. The van der Waals surface area contributed by atoms with Crippen molar-refractivity contribution in [2.75, 3.05) is 12.9 Å². The van der Waals surface area contributed by atoms with E-state index in [4.69, 9.17) is 23.9 Å². The molecule has 1 aliphatic rings. The summed E-state index contributed by atoms with van der Waals surface area (Å²) in [5.41, 5.74) is 1.09. The van der Waals surface area contributed by atoms with Gasteiger partial charge in [0.25, 0.3) is 5.56 Å². The molecule has 1 aromatic heterocycles. The summed E-state index contributed by atoms with van der Waals surface area (Å²) in [6.07, 6.45) is 1.47. The third-order valence-electron chi connectivity index (χ3n) is 7.85. The highest BCUT2D eigenvalue weighted by molar-refractivity contribution is 7.99. The Morgan fingerprint density at radius 1 is 0.804 bits per heavy atom. The van der Waals surface area contributed by atoms with Gasteiger partial charge in [-0.2, -0.15) is 0 Å². The van der Waals surface area contributed by atoms with Crippen LogP contribution in [0.4, 0.5) is 0 Å². The van der Waals surface area contributed by atoms with Gasteiger partial charge in [0.15, 0.2) is 0 Å². The van der Waals surface area contributed by atoms with Crippen molar-refractivity contribution < 1.29 is 24.1 Å². The second-order valence-electron chi connectivity index (χ2n) is 11.0. The zero-order chi connectivity index (χ0) is 32.5. The molecule has 5 rings (SSSR count). The molecule has 1 N–H and O–H groups in total. The SMILES string of the molecule is CS[C@@H]1O[C@H](COCc2ccccc2)[C@H](OCc2ccccc2)[C@H](OCc2ccccc2)[C@H]1N=Cc1c(O)n(C)c(=O)n(C)c1=O. The summed E-state index contributed by atoms with van der Waals surface area (Å²) in [6.45, 7) is 1.24. The average molecular weight is 646 g/mol. The van der Waals surface area contributed by atoms with E-state index in [9.17, 15) is 14.7 Å². The number of hydrogen-bond donors (Lipinski definition) is 1. The summed E-state index contributed by atoms with van der Waals surface area (Å²) < 4.78 is 27.9. The second kappa shape index (κ2) is 16.0. The third kappa shape index (κ3) is 8.04. The van der Waals surface area contributed by atoms with Crippen molar-refractivity contribution in [2.24, 2.45) is 19.1 Å². The lowest BCUT2D eigenvalue weighted by Gasteiger charge is -2.44. The van der Waals surface area contributed by atoms with E-state index in [1.54, 1.807) is 0 Å². The molecule has 0 radical (unpaired) electrons. The van der Waals surface area contributed by atoms with Crippen molar-refractivity contribution in [1.82, 2.24) is 9.13 Å². The van der Waals surface area contributed by atoms with Gasteiger partial charge < -0.3 is 24.1 Å². The van der Waals surface area contributed by atoms with Crippen LogP contribution < -0.4 is 11.2 Å². The lowest BCUT2D eigenvalue weighted by Crippen LogP contribution is -2.59. The van der Waals surface area contributed by atoms with E-state index in [-0.39, 0.29) is 18.8 Å². The molecule has 1 saturated heterocycles. The van der Waals surface area contributed by atoms with Crippen LogP contribution in [0.5, 0.6) is 5.88 Å². The highest BCUT2D eigenvalue weighted by Crippen LogP contribution is 2.34. The lowest BCUT2D eigenvalue weighted by atomic mass is 9.97. The van der Waals surface area contributed by atoms with Gasteiger partial charge >= 0.3 is 5.69 Å². The number of aliphatic imine (C=N–C) groups is 1. The van der Waals surface area contributed by atoms with Gasteiger partial charge in [-0.25, -0.2) is 4.79 Å². The molecule has 46 heavy (non-hydrogen) atoms. The van der Waals surface area contributed by atoms with Crippen LogP contribution >= 0.6 is 11.8 Å². The molecular weight excluding hydrogens is 606 g/mol. The van der Waals surface area contributed by atoms with Gasteiger partial charge in [-0.1, -0.05) is 91.0 Å². The van der Waals surface area contributed by atoms with E-state index in [2.05, 4.69) is 0 Å². The number of ether oxygens (including phenoxy) is 4. The van der Waals surface area contributed by atoms with Crippen LogP contribution in [-0.4, -0.2) is 63.1 Å². The van der Waals surface area contributed by atoms with Gasteiger partial charge in [-0.15, -0.1) is 11.8 Å². The highest BCUT2D eigenvalue weighted by atomic mass is 32.2. The van der Waals surface area contributed by atoms with Gasteiger partial charge in [0.05, 0.1) is 26.4 Å². The van der Waals surface area contributed by atoms with Crippen LogP contribution in [0.1, 0.15) is 22.3 Å². The molecule has 2 heterocycles. The molecule has 10 nitrogen and oxygen atoms in total. The molecule has 0 bridgehead atoms. The molecule has 0 saturated carbocycles. The van der Waals surface area contributed by atoms with Crippen molar-refractivity contribution in [3.63, 3.8) is 0 Å². The van der Waals surface area contributed by atoms with Gasteiger partial charge in [-0.05, 0) is 22.9 Å². The molecular formula is C35H39N3O7S. The van der Waals surface area contributed by atoms with Crippen molar-refractivity contribution >= 4 is 18.0 Å². The summed E-state index contributed by atoms with van der Waals surface area (Å²) >= 11 is 1.45. The quantitative estimate of drug-likeness (QED) is 0.217. The third-order valence-corrected chi connectivity index (χ3v) is 8.71. The fourth-order valence-corrected chi connectivity index (χ4v) is 6.06. The average Bonchev–Trinajstić information content (AvgIpc) is 3.10. The summed E-state index contributed by atoms with van der Waals surface area (Å²) in [4.78, 5) is 30.1. The Morgan fingerprint density at radius 2 is 1.33 bits per heavy atom. The smallest absolute Gasteiger partial charge is 0.333 e. The van der Waals surface area contributed by atoms with Crippen molar-refractivity contribution in [3.8, 4) is 5.88 Å². The van der Waals surface area contributed by atoms with E-state index in [1.165, 1.54) is 32.1 Å². The van der Waals surface area contributed by atoms with Crippen LogP contribution in [-0.2, 0) is 52.9 Å². The summed E-state index contributed by atoms with van der Waals surface area (Å²) in [7, 11) is 2.75. The Bertz CT molecular complexity index is 1700. The molecule has 1 aliphatic heterocycles. The maximum atomic E-state index is 13.0. The predicted molar refractivity (Wildman–Crippen MR) is 178 cm³/mol. The second-order valence-corrected chi connectivity index (χ2v) is 11.9. The Balaban J connectivity index is 1.49. The fraction of sp³-hybridized carbons (Fsp3) is 0.343. The molecule has 3 aromatic carbocycles. The zero-order valence-corrected chi connectivity index (χ0v) is 26.9. The number of hydrogen-bond acceptors (Lipinski definition) is 9. The predicted octanol–water partition coefficient (Wildman–Crippen LogP) is 4.05. The highest BCUT2D eigenvalue weighted by Gasteiger charge is 2.47. The minimum Gasteiger partial charge on any atom is -0.494 e. The van der Waals surface area contributed by atoms with Crippen LogP contribution in [0.25, 0.3) is 0 Å². The molecule has 0 aliphatic carbocycles. The number of rotatable bonds is 13. The summed E-state index contributed by atoms with van der Waals surface area (Å²) in [6, 6.07) is 28.9. The lowest BCUT2D eigenvalue weighted by molar-refractivity contribution is -0.211. The van der Waals surface area contributed by atoms with E-state index in [1.807, 2.05) is 97.3 Å². The van der Waals surface area contributed by atoms with Gasteiger partial charge in [-0.3, -0.25) is 18.9 Å². The van der Waals surface area contributed by atoms with E-state index < -0.39 is 46.9 Å². The Morgan fingerprint density at radius 3 is 1.87 bits per heavy atom. The molecule has 4 aromatic rings. The number of benzene rings is 3. The Kier molecular flexibility index (Phi) is 11.6. The summed E-state index contributed by atoms with van der Waals surface area (Å²) in [5, 5.41) is 10.7. The maximum absolute atomic E-state index is 13.0. The summed E-state index contributed by atoms with van der Waals surface area (Å²) in [5.74, 6) is -0.472. The number of aromatic nitrogens is 2. The Hall–Kier alpha value is -4.00. The van der Waals surface area contributed by atoms with Gasteiger partial charge in [0.1, 0.15) is 35.4 Å². The molecule has 11 heteroatoms. The molecule has 0 spiro atoms. The van der Waals surface area contributed by atoms with Crippen LogP contribution in [0.3, 0.4) is 0 Å². The minimum absolute atomic E-state index is 0.110. The number of nitrogens with zero attached hydrogens (tertiary/aromatic N) is 3. The molecule has 242 valence electrons.